The predicted molar refractivity (Wildman–Crippen MR) is 110 cm³/mol. The van der Waals surface area contributed by atoms with Gasteiger partial charge in [-0.1, -0.05) is 35.5 Å². The summed E-state index contributed by atoms with van der Waals surface area (Å²) in [6.45, 7) is 3.56. The zero-order valence-corrected chi connectivity index (χ0v) is 17.1. The molecule has 1 aromatic carbocycles. The molecular formula is C22H19F3N4O3. The number of carbonyl (C=O) groups is 1. The predicted octanol–water partition coefficient (Wildman–Crippen LogP) is 4.38. The Balaban J connectivity index is 1.60. The van der Waals surface area contributed by atoms with Gasteiger partial charge in [0.1, 0.15) is 5.82 Å². The summed E-state index contributed by atoms with van der Waals surface area (Å²) in [5.74, 6) is -0.281. The van der Waals surface area contributed by atoms with Gasteiger partial charge >= 0.3 is 6.18 Å². The molecule has 4 aromatic rings. The van der Waals surface area contributed by atoms with Gasteiger partial charge in [0, 0.05) is 11.8 Å². The molecule has 0 fully saturated rings. The number of halogens is 3. The number of hydrogen-bond donors (Lipinski definition) is 2. The van der Waals surface area contributed by atoms with Crippen molar-refractivity contribution in [2.75, 3.05) is 5.32 Å². The first-order chi connectivity index (χ1) is 15.1. The normalized spacial score (nSPS) is 12.8. The van der Waals surface area contributed by atoms with Gasteiger partial charge in [0.15, 0.2) is 17.6 Å². The third-order valence-electron chi connectivity index (χ3n) is 5.05. The highest BCUT2D eigenvalue weighted by Crippen LogP contribution is 2.30. The molecule has 0 aliphatic heterocycles. The fraction of sp³-hybridized carbons (Fsp3) is 0.227. The van der Waals surface area contributed by atoms with E-state index in [4.69, 9.17) is 4.52 Å². The summed E-state index contributed by atoms with van der Waals surface area (Å²) in [6.07, 6.45) is -5.93. The highest BCUT2D eigenvalue weighted by molar-refractivity contribution is 5.95. The molecule has 4 rings (SSSR count). The number of aromatic nitrogens is 3. The largest absolute Gasteiger partial charge is 0.436 e. The number of amides is 1. The van der Waals surface area contributed by atoms with E-state index >= 15 is 0 Å². The molecule has 0 saturated carbocycles. The van der Waals surface area contributed by atoms with E-state index < -0.39 is 23.9 Å². The number of alkyl halides is 3. The summed E-state index contributed by atoms with van der Waals surface area (Å²) in [4.78, 5) is 16.9. The van der Waals surface area contributed by atoms with Gasteiger partial charge in [0.2, 0.25) is 0 Å². The Morgan fingerprint density at radius 3 is 2.56 bits per heavy atom. The van der Waals surface area contributed by atoms with Crippen LogP contribution in [0.5, 0.6) is 0 Å². The summed E-state index contributed by atoms with van der Waals surface area (Å²) in [7, 11) is 0. The van der Waals surface area contributed by atoms with E-state index in [0.29, 0.717) is 22.2 Å². The van der Waals surface area contributed by atoms with Crippen LogP contribution in [0.4, 0.5) is 19.0 Å². The number of pyridine rings is 1. The maximum atomic E-state index is 12.8. The first kappa shape index (κ1) is 21.6. The minimum atomic E-state index is -4.58. The van der Waals surface area contributed by atoms with Crippen molar-refractivity contribution in [3.05, 3.63) is 76.8 Å². The van der Waals surface area contributed by atoms with Crippen molar-refractivity contribution in [3.8, 4) is 0 Å². The fourth-order valence-corrected chi connectivity index (χ4v) is 3.39. The molecule has 0 aliphatic rings. The lowest BCUT2D eigenvalue weighted by atomic mass is 10.1. The second kappa shape index (κ2) is 8.12. The molecule has 3 aromatic heterocycles. The van der Waals surface area contributed by atoms with Crippen LogP contribution in [0, 0.1) is 13.8 Å². The highest BCUT2D eigenvalue weighted by Gasteiger charge is 2.35. The van der Waals surface area contributed by atoms with Gasteiger partial charge in [-0.3, -0.25) is 4.79 Å². The summed E-state index contributed by atoms with van der Waals surface area (Å²) < 4.78 is 45.0. The highest BCUT2D eigenvalue weighted by atomic mass is 19.4. The maximum absolute atomic E-state index is 12.8. The second-order valence-corrected chi connectivity index (χ2v) is 7.41. The van der Waals surface area contributed by atoms with Gasteiger partial charge in [0.25, 0.3) is 5.91 Å². The monoisotopic (exact) mass is 444 g/mol. The van der Waals surface area contributed by atoms with Crippen LogP contribution in [0.25, 0.3) is 11.0 Å². The average molecular weight is 444 g/mol. The zero-order valence-electron chi connectivity index (χ0n) is 17.1. The van der Waals surface area contributed by atoms with E-state index in [1.807, 2.05) is 0 Å². The number of aryl methyl sites for hydroxylation is 2. The van der Waals surface area contributed by atoms with Crippen LogP contribution < -0.4 is 5.32 Å². The van der Waals surface area contributed by atoms with Crippen LogP contribution in [-0.2, 0) is 17.5 Å². The molecule has 0 bridgehead atoms. The molecule has 0 aliphatic carbocycles. The van der Waals surface area contributed by atoms with Crippen molar-refractivity contribution in [2.24, 2.45) is 0 Å². The Kier molecular flexibility index (Phi) is 5.47. The maximum Gasteiger partial charge on any atom is 0.436 e. The SMILES string of the molecule is Cc1cc2c(cc(C)n2Cc2cc(C(F)(F)F)no2)nc1NC(=O)[C@H](O)c1ccccc1. The molecule has 166 valence electrons. The van der Waals surface area contributed by atoms with E-state index in [1.54, 1.807) is 60.9 Å². The number of benzene rings is 1. The Morgan fingerprint density at radius 1 is 1.19 bits per heavy atom. The molecule has 32 heavy (non-hydrogen) atoms. The molecular weight excluding hydrogens is 425 g/mol. The molecule has 7 nitrogen and oxygen atoms in total. The number of aliphatic hydroxyl groups excluding tert-OH is 1. The molecule has 0 radical (unpaired) electrons. The van der Waals surface area contributed by atoms with Crippen molar-refractivity contribution in [3.63, 3.8) is 0 Å². The Morgan fingerprint density at radius 2 is 1.91 bits per heavy atom. The average Bonchev–Trinajstić information content (AvgIpc) is 3.34. The molecule has 1 atom stereocenters. The molecule has 1 amide bonds. The first-order valence-electron chi connectivity index (χ1n) is 9.67. The van der Waals surface area contributed by atoms with E-state index in [0.717, 1.165) is 11.8 Å². The minimum Gasteiger partial charge on any atom is -0.378 e. The van der Waals surface area contributed by atoms with E-state index in [-0.39, 0.29) is 18.1 Å². The zero-order chi connectivity index (χ0) is 23.0. The number of rotatable bonds is 5. The van der Waals surface area contributed by atoms with Gasteiger partial charge in [-0.05, 0) is 37.1 Å². The first-order valence-corrected chi connectivity index (χ1v) is 9.67. The van der Waals surface area contributed by atoms with Crippen LogP contribution >= 0.6 is 0 Å². The molecule has 0 spiro atoms. The lowest BCUT2D eigenvalue weighted by Crippen LogP contribution is -2.22. The van der Waals surface area contributed by atoms with Gasteiger partial charge in [-0.25, -0.2) is 4.98 Å². The topological polar surface area (TPSA) is 93.2 Å². The summed E-state index contributed by atoms with van der Waals surface area (Å²) in [6, 6.07) is 12.9. The molecule has 0 unspecified atom stereocenters. The van der Waals surface area contributed by atoms with Crippen LogP contribution in [0.3, 0.4) is 0 Å². The summed E-state index contributed by atoms with van der Waals surface area (Å²) in [5, 5.41) is 16.0. The molecule has 3 heterocycles. The Bertz CT molecular complexity index is 1280. The second-order valence-electron chi connectivity index (χ2n) is 7.41. The van der Waals surface area contributed by atoms with Gasteiger partial charge in [-0.2, -0.15) is 13.2 Å². The number of anilines is 1. The molecule has 10 heteroatoms. The van der Waals surface area contributed by atoms with Crippen molar-refractivity contribution >= 4 is 22.8 Å². The van der Waals surface area contributed by atoms with Crippen LogP contribution in [0.1, 0.15) is 34.4 Å². The number of aliphatic hydroxyl groups is 1. The van der Waals surface area contributed by atoms with Gasteiger partial charge in [-0.15, -0.1) is 0 Å². The quantitative estimate of drug-likeness (QED) is 0.477. The number of fused-ring (bicyclic) bond motifs is 1. The van der Waals surface area contributed by atoms with Crippen LogP contribution in [-0.4, -0.2) is 25.7 Å². The smallest absolute Gasteiger partial charge is 0.378 e. The third-order valence-corrected chi connectivity index (χ3v) is 5.05. The fourth-order valence-electron chi connectivity index (χ4n) is 3.39. The standard InChI is InChI=1S/C22H19F3N4O3/c1-12-8-17-16(26-20(12)27-21(31)19(30)14-6-4-3-5-7-14)9-13(2)29(17)11-15-10-18(28-32-15)22(23,24)25/h3-10,19,30H,11H2,1-2H3,(H,26,27,31)/t19-/m1/s1. The van der Waals surface area contributed by atoms with Crippen molar-refractivity contribution in [2.45, 2.75) is 32.7 Å². The number of nitrogens with zero attached hydrogens (tertiary/aromatic N) is 3. The van der Waals surface area contributed by atoms with Crippen LogP contribution in [0.15, 0.2) is 53.1 Å². The van der Waals surface area contributed by atoms with Gasteiger partial charge < -0.3 is 19.5 Å². The Hall–Kier alpha value is -3.66. The van der Waals surface area contributed by atoms with E-state index in [1.165, 1.54) is 0 Å². The lowest BCUT2D eigenvalue weighted by Gasteiger charge is -2.13. The molecule has 0 saturated heterocycles. The van der Waals surface area contributed by atoms with E-state index in [2.05, 4.69) is 15.5 Å². The minimum absolute atomic E-state index is 0.0396. The van der Waals surface area contributed by atoms with Crippen LogP contribution in [0.2, 0.25) is 0 Å². The lowest BCUT2D eigenvalue weighted by molar-refractivity contribution is -0.142. The van der Waals surface area contributed by atoms with Gasteiger partial charge in [0.05, 0.1) is 17.6 Å². The number of nitrogens with one attached hydrogen (secondary N) is 1. The summed E-state index contributed by atoms with van der Waals surface area (Å²) >= 11 is 0. The summed E-state index contributed by atoms with van der Waals surface area (Å²) in [5.41, 5.74) is 1.93. The van der Waals surface area contributed by atoms with E-state index in [9.17, 15) is 23.1 Å². The van der Waals surface area contributed by atoms with Crippen molar-refractivity contribution in [1.82, 2.24) is 14.7 Å². The molecule has 2 N–H and O–H groups in total. The van der Waals surface area contributed by atoms with Crippen molar-refractivity contribution < 1.29 is 27.6 Å². The number of hydrogen-bond acceptors (Lipinski definition) is 5. The number of carbonyl (C=O) groups excluding carboxylic acids is 1. The Labute approximate surface area is 180 Å². The van der Waals surface area contributed by atoms with Crippen molar-refractivity contribution in [1.29, 1.82) is 0 Å². The third kappa shape index (κ3) is 4.22.